The second kappa shape index (κ2) is 6.57. The second-order valence-corrected chi connectivity index (χ2v) is 7.70. The summed E-state index contributed by atoms with van der Waals surface area (Å²) in [5.41, 5.74) is 1.64. The summed E-state index contributed by atoms with van der Waals surface area (Å²) in [7, 11) is -0.405. The summed E-state index contributed by atoms with van der Waals surface area (Å²) in [6.45, 7) is 0.372. The SMILES string of the molecule is CN(C)S(=O)(=O)c1ccc(NCC(O)c2ccsc2)cc1. The van der Waals surface area contributed by atoms with Gasteiger partial charge < -0.3 is 10.4 Å². The molecule has 1 atom stereocenters. The first-order chi connectivity index (χ1) is 9.91. The standard InChI is InChI=1S/C14H18N2O3S2/c1-16(2)21(18,19)13-5-3-12(4-6-13)15-9-14(17)11-7-8-20-10-11/h3-8,10,14-15,17H,9H2,1-2H3. The van der Waals surface area contributed by atoms with E-state index >= 15 is 0 Å². The summed E-state index contributed by atoms with van der Waals surface area (Å²) >= 11 is 1.54. The van der Waals surface area contributed by atoms with Crippen LogP contribution in [0.5, 0.6) is 0 Å². The first-order valence-electron chi connectivity index (χ1n) is 6.38. The van der Waals surface area contributed by atoms with E-state index in [4.69, 9.17) is 0 Å². The molecule has 1 unspecified atom stereocenters. The van der Waals surface area contributed by atoms with Crippen molar-refractivity contribution in [1.29, 1.82) is 0 Å². The van der Waals surface area contributed by atoms with Crippen molar-refractivity contribution < 1.29 is 13.5 Å². The molecule has 0 fully saturated rings. The summed E-state index contributed by atoms with van der Waals surface area (Å²) in [5.74, 6) is 0. The van der Waals surface area contributed by atoms with Crippen molar-refractivity contribution in [3.8, 4) is 0 Å². The fraction of sp³-hybridized carbons (Fsp3) is 0.286. The highest BCUT2D eigenvalue weighted by atomic mass is 32.2. The summed E-state index contributed by atoms with van der Waals surface area (Å²) in [5, 5.41) is 16.9. The Bertz CT molecular complexity index is 665. The number of anilines is 1. The molecule has 0 aliphatic rings. The third kappa shape index (κ3) is 3.82. The van der Waals surface area contributed by atoms with Gasteiger partial charge in [0.2, 0.25) is 10.0 Å². The molecule has 21 heavy (non-hydrogen) atoms. The topological polar surface area (TPSA) is 69.6 Å². The van der Waals surface area contributed by atoms with E-state index < -0.39 is 16.1 Å². The van der Waals surface area contributed by atoms with Crippen LogP contribution >= 0.6 is 11.3 Å². The minimum Gasteiger partial charge on any atom is -0.387 e. The molecule has 2 aromatic rings. The molecule has 1 aromatic heterocycles. The van der Waals surface area contributed by atoms with Crippen LogP contribution in [0.15, 0.2) is 46.0 Å². The Hall–Kier alpha value is -1.41. The van der Waals surface area contributed by atoms with Crippen LogP contribution in [0.2, 0.25) is 0 Å². The molecule has 2 rings (SSSR count). The first-order valence-corrected chi connectivity index (χ1v) is 8.76. The van der Waals surface area contributed by atoms with Gasteiger partial charge in [-0.1, -0.05) is 0 Å². The fourth-order valence-corrected chi connectivity index (χ4v) is 3.36. The lowest BCUT2D eigenvalue weighted by molar-refractivity contribution is 0.192. The number of hydrogen-bond donors (Lipinski definition) is 2. The van der Waals surface area contributed by atoms with E-state index in [0.29, 0.717) is 6.54 Å². The number of benzene rings is 1. The van der Waals surface area contributed by atoms with E-state index in [0.717, 1.165) is 11.3 Å². The zero-order valence-electron chi connectivity index (χ0n) is 11.9. The number of aliphatic hydroxyl groups is 1. The maximum absolute atomic E-state index is 11.9. The Kier molecular flexibility index (Phi) is 5.00. The van der Waals surface area contributed by atoms with Crippen molar-refractivity contribution in [3.05, 3.63) is 46.7 Å². The Balaban J connectivity index is 2.00. The molecule has 0 saturated heterocycles. The predicted octanol–water partition coefficient (Wildman–Crippen LogP) is 2.14. The molecule has 7 heteroatoms. The van der Waals surface area contributed by atoms with Crippen molar-refractivity contribution in [2.45, 2.75) is 11.0 Å². The minimum atomic E-state index is -3.40. The van der Waals surface area contributed by atoms with Gasteiger partial charge in [-0.05, 0) is 46.7 Å². The maximum Gasteiger partial charge on any atom is 0.242 e. The number of nitrogens with one attached hydrogen (secondary N) is 1. The second-order valence-electron chi connectivity index (χ2n) is 4.77. The third-order valence-corrected chi connectivity index (χ3v) is 5.59. The lowest BCUT2D eigenvalue weighted by atomic mass is 10.2. The smallest absolute Gasteiger partial charge is 0.242 e. The van der Waals surface area contributed by atoms with Gasteiger partial charge in [0.1, 0.15) is 0 Å². The van der Waals surface area contributed by atoms with Crippen LogP contribution < -0.4 is 5.32 Å². The lowest BCUT2D eigenvalue weighted by Crippen LogP contribution is -2.22. The number of aliphatic hydroxyl groups excluding tert-OH is 1. The number of rotatable bonds is 6. The Morgan fingerprint density at radius 3 is 2.43 bits per heavy atom. The highest BCUT2D eigenvalue weighted by Crippen LogP contribution is 2.19. The lowest BCUT2D eigenvalue weighted by Gasteiger charge is -2.14. The van der Waals surface area contributed by atoms with Crippen molar-refractivity contribution in [2.24, 2.45) is 0 Å². The number of hydrogen-bond acceptors (Lipinski definition) is 5. The van der Waals surface area contributed by atoms with Crippen LogP contribution in [0.25, 0.3) is 0 Å². The molecule has 1 aromatic carbocycles. The van der Waals surface area contributed by atoms with E-state index in [9.17, 15) is 13.5 Å². The van der Waals surface area contributed by atoms with E-state index in [2.05, 4.69) is 5.32 Å². The van der Waals surface area contributed by atoms with Crippen LogP contribution in [0.3, 0.4) is 0 Å². The monoisotopic (exact) mass is 326 g/mol. The quantitative estimate of drug-likeness (QED) is 0.853. The zero-order valence-corrected chi connectivity index (χ0v) is 13.5. The molecule has 2 N–H and O–H groups in total. The predicted molar refractivity (Wildman–Crippen MR) is 85.1 cm³/mol. The van der Waals surface area contributed by atoms with Gasteiger partial charge in [0.25, 0.3) is 0 Å². The molecular weight excluding hydrogens is 308 g/mol. The number of thiophene rings is 1. The van der Waals surface area contributed by atoms with Gasteiger partial charge in [0, 0.05) is 26.3 Å². The minimum absolute atomic E-state index is 0.247. The third-order valence-electron chi connectivity index (χ3n) is 3.06. The van der Waals surface area contributed by atoms with Gasteiger partial charge in [0.05, 0.1) is 11.0 Å². The van der Waals surface area contributed by atoms with Crippen LogP contribution in [-0.2, 0) is 10.0 Å². The molecule has 114 valence electrons. The van der Waals surface area contributed by atoms with Gasteiger partial charge >= 0.3 is 0 Å². The first kappa shape index (κ1) is 16.0. The summed E-state index contributed by atoms with van der Waals surface area (Å²) in [4.78, 5) is 0.247. The average molecular weight is 326 g/mol. The molecule has 0 amide bonds. The Labute approximate surface area is 128 Å². The summed E-state index contributed by atoms with van der Waals surface area (Å²) in [6.07, 6.45) is -0.582. The van der Waals surface area contributed by atoms with E-state index in [1.54, 1.807) is 24.3 Å². The molecular formula is C14H18N2O3S2. The maximum atomic E-state index is 11.9. The van der Waals surface area contributed by atoms with E-state index in [-0.39, 0.29) is 4.90 Å². The molecule has 1 heterocycles. The highest BCUT2D eigenvalue weighted by Gasteiger charge is 2.16. The van der Waals surface area contributed by atoms with Gasteiger partial charge in [-0.3, -0.25) is 0 Å². The normalized spacial score (nSPS) is 13.3. The number of nitrogens with zero attached hydrogens (tertiary/aromatic N) is 1. The van der Waals surface area contributed by atoms with Crippen molar-refractivity contribution in [1.82, 2.24) is 4.31 Å². The average Bonchev–Trinajstić information content (AvgIpc) is 2.99. The Morgan fingerprint density at radius 1 is 1.24 bits per heavy atom. The van der Waals surface area contributed by atoms with Crippen LogP contribution in [0.1, 0.15) is 11.7 Å². The van der Waals surface area contributed by atoms with Crippen molar-refractivity contribution in [3.63, 3.8) is 0 Å². The van der Waals surface area contributed by atoms with Crippen LogP contribution in [0, 0.1) is 0 Å². The van der Waals surface area contributed by atoms with E-state index in [1.807, 2.05) is 16.8 Å². The van der Waals surface area contributed by atoms with Crippen LogP contribution in [-0.4, -0.2) is 38.5 Å². The van der Waals surface area contributed by atoms with Crippen LogP contribution in [0.4, 0.5) is 5.69 Å². The molecule has 0 bridgehead atoms. The van der Waals surface area contributed by atoms with Crippen molar-refractivity contribution >= 4 is 27.0 Å². The molecule has 0 saturated carbocycles. The molecule has 0 radical (unpaired) electrons. The summed E-state index contributed by atoms with van der Waals surface area (Å²) in [6, 6.07) is 8.36. The van der Waals surface area contributed by atoms with Crippen molar-refractivity contribution in [2.75, 3.05) is 26.0 Å². The van der Waals surface area contributed by atoms with Gasteiger partial charge in [-0.2, -0.15) is 11.3 Å². The van der Waals surface area contributed by atoms with Gasteiger partial charge in [-0.25, -0.2) is 12.7 Å². The van der Waals surface area contributed by atoms with E-state index in [1.165, 1.54) is 29.7 Å². The van der Waals surface area contributed by atoms with Gasteiger partial charge in [0.15, 0.2) is 0 Å². The molecule has 0 spiro atoms. The highest BCUT2D eigenvalue weighted by molar-refractivity contribution is 7.89. The largest absolute Gasteiger partial charge is 0.387 e. The number of sulfonamides is 1. The van der Waals surface area contributed by atoms with Gasteiger partial charge in [-0.15, -0.1) is 0 Å². The Morgan fingerprint density at radius 2 is 1.90 bits per heavy atom. The summed E-state index contributed by atoms with van der Waals surface area (Å²) < 4.78 is 25.0. The molecule has 5 nitrogen and oxygen atoms in total. The zero-order chi connectivity index (χ0) is 15.5. The molecule has 0 aliphatic heterocycles. The fourth-order valence-electron chi connectivity index (χ4n) is 1.75. The molecule has 0 aliphatic carbocycles.